The number of rotatable bonds is 4. The summed E-state index contributed by atoms with van der Waals surface area (Å²) < 4.78 is 16.1. The highest BCUT2D eigenvalue weighted by molar-refractivity contribution is 5.84. The minimum absolute atomic E-state index is 0.491. The number of nitrogens with one attached hydrogen (secondary N) is 1. The molecule has 0 spiro atoms. The molecule has 28 heavy (non-hydrogen) atoms. The van der Waals surface area contributed by atoms with E-state index in [0.717, 1.165) is 36.8 Å². The summed E-state index contributed by atoms with van der Waals surface area (Å²) in [6, 6.07) is 7.81. The van der Waals surface area contributed by atoms with Gasteiger partial charge in [-0.25, -0.2) is 9.78 Å². The Morgan fingerprint density at radius 3 is 2.36 bits per heavy atom. The van der Waals surface area contributed by atoms with Crippen molar-refractivity contribution >= 4 is 17.6 Å². The Hall–Kier alpha value is -2.96. The van der Waals surface area contributed by atoms with Gasteiger partial charge in [-0.2, -0.15) is 0 Å². The van der Waals surface area contributed by atoms with Crippen molar-refractivity contribution in [1.82, 2.24) is 4.98 Å². The summed E-state index contributed by atoms with van der Waals surface area (Å²) >= 11 is 0. The fraction of sp³-hybridized carbons (Fsp3) is 0.429. The Bertz CT molecular complexity index is 844. The maximum Gasteiger partial charge on any atom is 0.412 e. The maximum atomic E-state index is 11.9. The summed E-state index contributed by atoms with van der Waals surface area (Å²) in [5.74, 6) is 2.34. The molecule has 3 rings (SSSR count). The van der Waals surface area contributed by atoms with Crippen LogP contribution in [-0.2, 0) is 17.7 Å². The van der Waals surface area contributed by atoms with Gasteiger partial charge in [0.05, 0.1) is 26.1 Å². The summed E-state index contributed by atoms with van der Waals surface area (Å²) in [5.41, 5.74) is 2.52. The zero-order valence-electron chi connectivity index (χ0n) is 17.0. The van der Waals surface area contributed by atoms with Crippen LogP contribution < -0.4 is 19.7 Å². The van der Waals surface area contributed by atoms with Crippen molar-refractivity contribution in [2.75, 3.05) is 31.0 Å². The first-order valence-corrected chi connectivity index (χ1v) is 9.24. The zero-order valence-corrected chi connectivity index (χ0v) is 17.0. The lowest BCUT2D eigenvalue weighted by Crippen LogP contribution is -2.31. The molecule has 0 radical (unpaired) electrons. The monoisotopic (exact) mass is 385 g/mol. The van der Waals surface area contributed by atoms with Crippen LogP contribution in [-0.4, -0.2) is 37.4 Å². The van der Waals surface area contributed by atoms with E-state index < -0.39 is 11.7 Å². The second kappa shape index (κ2) is 7.96. The van der Waals surface area contributed by atoms with Crippen molar-refractivity contribution in [3.8, 4) is 11.5 Å². The average molecular weight is 385 g/mol. The van der Waals surface area contributed by atoms with E-state index in [4.69, 9.17) is 14.2 Å². The van der Waals surface area contributed by atoms with Crippen molar-refractivity contribution in [1.29, 1.82) is 0 Å². The molecule has 0 saturated heterocycles. The molecule has 1 aliphatic heterocycles. The molecule has 7 heteroatoms. The van der Waals surface area contributed by atoms with Crippen molar-refractivity contribution in [2.24, 2.45) is 0 Å². The van der Waals surface area contributed by atoms with E-state index in [1.165, 1.54) is 11.1 Å². The van der Waals surface area contributed by atoms with Crippen molar-refractivity contribution in [3.05, 3.63) is 41.6 Å². The first-order chi connectivity index (χ1) is 13.3. The fourth-order valence-electron chi connectivity index (χ4n) is 3.15. The lowest BCUT2D eigenvalue weighted by atomic mass is 9.99. The molecule has 1 aromatic carbocycles. The molecule has 1 aliphatic rings. The molecule has 0 unspecified atom stereocenters. The Morgan fingerprint density at radius 1 is 1.11 bits per heavy atom. The van der Waals surface area contributed by atoms with Gasteiger partial charge in [-0.15, -0.1) is 0 Å². The van der Waals surface area contributed by atoms with E-state index in [9.17, 15) is 4.79 Å². The van der Waals surface area contributed by atoms with E-state index in [-0.39, 0.29) is 0 Å². The quantitative estimate of drug-likeness (QED) is 0.857. The van der Waals surface area contributed by atoms with Crippen LogP contribution in [0.5, 0.6) is 11.5 Å². The van der Waals surface area contributed by atoms with E-state index in [1.807, 2.05) is 45.0 Å². The SMILES string of the molecule is COc1cc2c(cc1OC)CN(c1ccc(NC(=O)OC(C)(C)C)cn1)CC2. The number of benzene rings is 1. The van der Waals surface area contributed by atoms with Crippen molar-refractivity contribution in [2.45, 2.75) is 39.3 Å². The van der Waals surface area contributed by atoms with Gasteiger partial charge in [0.2, 0.25) is 0 Å². The van der Waals surface area contributed by atoms with Gasteiger partial charge < -0.3 is 19.1 Å². The lowest BCUT2D eigenvalue weighted by Gasteiger charge is -2.30. The number of fused-ring (bicyclic) bond motifs is 1. The van der Waals surface area contributed by atoms with E-state index >= 15 is 0 Å². The van der Waals surface area contributed by atoms with Gasteiger partial charge in [0, 0.05) is 13.1 Å². The molecule has 0 saturated carbocycles. The van der Waals surface area contributed by atoms with Crippen LogP contribution in [0, 0.1) is 0 Å². The molecule has 150 valence electrons. The summed E-state index contributed by atoms with van der Waals surface area (Å²) in [4.78, 5) is 18.6. The molecule has 0 aliphatic carbocycles. The summed E-state index contributed by atoms with van der Waals surface area (Å²) in [7, 11) is 3.29. The predicted molar refractivity (Wildman–Crippen MR) is 108 cm³/mol. The third-order valence-corrected chi connectivity index (χ3v) is 4.44. The van der Waals surface area contributed by atoms with Crippen LogP contribution in [0.3, 0.4) is 0 Å². The highest BCUT2D eigenvalue weighted by atomic mass is 16.6. The van der Waals surface area contributed by atoms with Crippen LogP contribution in [0.15, 0.2) is 30.5 Å². The Labute approximate surface area is 165 Å². The van der Waals surface area contributed by atoms with Gasteiger partial charge in [-0.3, -0.25) is 5.32 Å². The molecule has 0 fully saturated rings. The number of ether oxygens (including phenoxy) is 3. The molecule has 1 N–H and O–H groups in total. The third-order valence-electron chi connectivity index (χ3n) is 4.44. The van der Waals surface area contributed by atoms with Gasteiger partial charge in [0.25, 0.3) is 0 Å². The number of hydrogen-bond acceptors (Lipinski definition) is 6. The average Bonchev–Trinajstić information content (AvgIpc) is 2.65. The highest BCUT2D eigenvalue weighted by Crippen LogP contribution is 2.34. The first kappa shape index (κ1) is 19.8. The number of aromatic nitrogens is 1. The third kappa shape index (κ3) is 4.65. The molecule has 2 heterocycles. The molecular formula is C21H27N3O4. The Morgan fingerprint density at radius 2 is 1.79 bits per heavy atom. The lowest BCUT2D eigenvalue weighted by molar-refractivity contribution is 0.0636. The Balaban J connectivity index is 1.69. The van der Waals surface area contributed by atoms with Gasteiger partial charge in [-0.1, -0.05) is 0 Å². The highest BCUT2D eigenvalue weighted by Gasteiger charge is 2.21. The second-order valence-electron chi connectivity index (χ2n) is 7.68. The van der Waals surface area contributed by atoms with Gasteiger partial charge in [0.1, 0.15) is 11.4 Å². The minimum Gasteiger partial charge on any atom is -0.493 e. The number of amides is 1. The van der Waals surface area contributed by atoms with Crippen LogP contribution in [0.25, 0.3) is 0 Å². The smallest absolute Gasteiger partial charge is 0.412 e. The number of carbonyl (C=O) groups is 1. The summed E-state index contributed by atoms with van der Waals surface area (Å²) in [5, 5.41) is 2.70. The summed E-state index contributed by atoms with van der Waals surface area (Å²) in [6.07, 6.45) is 2.05. The number of pyridine rings is 1. The molecular weight excluding hydrogens is 358 g/mol. The van der Waals surface area contributed by atoms with E-state index in [2.05, 4.69) is 15.2 Å². The molecule has 2 aromatic rings. The fourth-order valence-corrected chi connectivity index (χ4v) is 3.15. The minimum atomic E-state index is -0.539. The molecule has 1 aromatic heterocycles. The Kier molecular flexibility index (Phi) is 5.63. The van der Waals surface area contributed by atoms with E-state index in [1.54, 1.807) is 20.4 Å². The maximum absolute atomic E-state index is 11.9. The van der Waals surface area contributed by atoms with Crippen molar-refractivity contribution < 1.29 is 19.0 Å². The van der Waals surface area contributed by atoms with Crippen LogP contribution in [0.4, 0.5) is 16.3 Å². The molecule has 0 atom stereocenters. The molecule has 1 amide bonds. The predicted octanol–water partition coefficient (Wildman–Crippen LogP) is 4.01. The van der Waals surface area contributed by atoms with Crippen LogP contribution in [0.1, 0.15) is 31.9 Å². The topological polar surface area (TPSA) is 72.9 Å². The van der Waals surface area contributed by atoms with E-state index in [0.29, 0.717) is 5.69 Å². The number of methoxy groups -OCH3 is 2. The summed E-state index contributed by atoms with van der Waals surface area (Å²) in [6.45, 7) is 7.07. The number of anilines is 2. The second-order valence-corrected chi connectivity index (χ2v) is 7.68. The van der Waals surface area contributed by atoms with Crippen molar-refractivity contribution in [3.63, 3.8) is 0 Å². The molecule has 7 nitrogen and oxygen atoms in total. The van der Waals surface area contributed by atoms with Crippen LogP contribution in [0.2, 0.25) is 0 Å². The first-order valence-electron chi connectivity index (χ1n) is 9.24. The number of nitrogens with zero attached hydrogens (tertiary/aromatic N) is 2. The number of hydrogen-bond donors (Lipinski definition) is 1. The van der Waals surface area contributed by atoms with Gasteiger partial charge in [0.15, 0.2) is 11.5 Å². The normalized spacial score (nSPS) is 13.5. The number of carbonyl (C=O) groups excluding carboxylic acids is 1. The zero-order chi connectivity index (χ0) is 20.3. The van der Waals surface area contributed by atoms with Gasteiger partial charge >= 0.3 is 6.09 Å². The largest absolute Gasteiger partial charge is 0.493 e. The molecule has 0 bridgehead atoms. The van der Waals surface area contributed by atoms with Crippen LogP contribution >= 0.6 is 0 Å². The standard InChI is InChI=1S/C21H27N3O4/c1-21(2,3)28-20(25)23-16-6-7-19(22-12-16)24-9-8-14-10-17(26-4)18(27-5)11-15(14)13-24/h6-7,10-12H,8-9,13H2,1-5H3,(H,23,25). The van der Waals surface area contributed by atoms with Gasteiger partial charge in [-0.05, 0) is 62.6 Å².